The summed E-state index contributed by atoms with van der Waals surface area (Å²) in [4.78, 5) is 4.43. The lowest BCUT2D eigenvalue weighted by Crippen LogP contribution is -2.11. The Kier molecular flexibility index (Phi) is 4.77. The molecule has 0 radical (unpaired) electrons. The fraction of sp³-hybridized carbons (Fsp3) is 0.0833. The first-order valence-corrected chi connectivity index (χ1v) is 9.72. The SMILES string of the molecule is Fc1ccc(-n2nc3c(cnc4ccccc43)c2OCc2ccccc2C(F)(F)F)cc1. The molecule has 0 bridgehead atoms. The van der Waals surface area contributed by atoms with Crippen molar-refractivity contribution in [2.45, 2.75) is 12.8 Å². The Hall–Kier alpha value is -3.94. The van der Waals surface area contributed by atoms with E-state index in [1.807, 2.05) is 24.3 Å². The van der Waals surface area contributed by atoms with Gasteiger partial charge in [-0.1, -0.05) is 36.4 Å². The summed E-state index contributed by atoms with van der Waals surface area (Å²) in [6, 6.07) is 18.2. The minimum Gasteiger partial charge on any atom is -0.472 e. The molecule has 8 heteroatoms. The van der Waals surface area contributed by atoms with Crippen LogP contribution >= 0.6 is 0 Å². The number of benzene rings is 3. The number of pyridine rings is 1. The summed E-state index contributed by atoms with van der Waals surface area (Å²) in [7, 11) is 0. The summed E-state index contributed by atoms with van der Waals surface area (Å²) in [6.45, 7) is -0.329. The van der Waals surface area contributed by atoms with Gasteiger partial charge < -0.3 is 4.74 Å². The lowest BCUT2D eigenvalue weighted by molar-refractivity contribution is -0.138. The largest absolute Gasteiger partial charge is 0.472 e. The summed E-state index contributed by atoms with van der Waals surface area (Å²) < 4.78 is 61.0. The molecule has 0 atom stereocenters. The average Bonchev–Trinajstić information content (AvgIpc) is 3.17. The van der Waals surface area contributed by atoms with Crippen molar-refractivity contribution in [1.82, 2.24) is 14.8 Å². The monoisotopic (exact) mass is 437 g/mol. The standard InChI is InChI=1S/C24H15F4N3O/c25-16-9-11-17(12-10-16)31-23(32-14-15-5-1-3-7-20(15)24(26,27)28)19-13-29-21-8-4-2-6-18(21)22(19)30-31/h1-13H,14H2. The highest BCUT2D eigenvalue weighted by molar-refractivity contribution is 6.05. The second-order valence-corrected chi connectivity index (χ2v) is 7.17. The quantitative estimate of drug-likeness (QED) is 0.309. The van der Waals surface area contributed by atoms with E-state index in [1.54, 1.807) is 6.20 Å². The van der Waals surface area contributed by atoms with Gasteiger partial charge in [0, 0.05) is 17.1 Å². The highest BCUT2D eigenvalue weighted by Gasteiger charge is 2.33. The van der Waals surface area contributed by atoms with Crippen molar-refractivity contribution < 1.29 is 22.3 Å². The Labute approximate surface area is 179 Å². The van der Waals surface area contributed by atoms with Crippen LogP contribution in [-0.2, 0) is 12.8 Å². The molecule has 5 rings (SSSR count). The second kappa shape index (κ2) is 7.64. The first-order valence-electron chi connectivity index (χ1n) is 9.72. The molecule has 0 aliphatic rings. The maximum Gasteiger partial charge on any atom is 0.416 e. The molecule has 0 N–H and O–H groups in total. The number of para-hydroxylation sites is 1. The van der Waals surface area contributed by atoms with Crippen LogP contribution in [0.5, 0.6) is 5.88 Å². The first kappa shape index (κ1) is 20.0. The summed E-state index contributed by atoms with van der Waals surface area (Å²) in [5, 5.41) is 5.94. The van der Waals surface area contributed by atoms with Gasteiger partial charge in [-0.2, -0.15) is 23.0 Å². The third-order valence-corrected chi connectivity index (χ3v) is 5.13. The fourth-order valence-corrected chi connectivity index (χ4v) is 3.62. The van der Waals surface area contributed by atoms with Crippen LogP contribution in [0.2, 0.25) is 0 Å². The predicted molar refractivity (Wildman–Crippen MR) is 112 cm³/mol. The third-order valence-electron chi connectivity index (χ3n) is 5.13. The van der Waals surface area contributed by atoms with Gasteiger partial charge in [-0.15, -0.1) is 0 Å². The van der Waals surface area contributed by atoms with Crippen molar-refractivity contribution in [3.05, 3.63) is 95.9 Å². The van der Waals surface area contributed by atoms with Crippen molar-refractivity contribution >= 4 is 21.8 Å². The maximum absolute atomic E-state index is 13.5. The van der Waals surface area contributed by atoms with Gasteiger partial charge in [-0.05, 0) is 36.4 Å². The lowest BCUT2D eigenvalue weighted by Gasteiger charge is -2.14. The average molecular weight is 437 g/mol. The minimum atomic E-state index is -4.50. The molecule has 0 saturated carbocycles. The number of aromatic nitrogens is 3. The van der Waals surface area contributed by atoms with Crippen LogP contribution in [0, 0.1) is 5.82 Å². The Bertz CT molecular complexity index is 1430. The van der Waals surface area contributed by atoms with E-state index in [2.05, 4.69) is 10.1 Å². The molecule has 0 fully saturated rings. The third kappa shape index (κ3) is 3.53. The highest BCUT2D eigenvalue weighted by atomic mass is 19.4. The van der Waals surface area contributed by atoms with Gasteiger partial charge in [0.05, 0.1) is 22.2 Å². The zero-order valence-electron chi connectivity index (χ0n) is 16.5. The molecule has 2 aromatic heterocycles. The van der Waals surface area contributed by atoms with Gasteiger partial charge in [0.1, 0.15) is 17.9 Å². The number of ether oxygens (including phenoxy) is 1. The molecular weight excluding hydrogens is 422 g/mol. The van der Waals surface area contributed by atoms with Crippen molar-refractivity contribution in [2.75, 3.05) is 0 Å². The van der Waals surface area contributed by atoms with E-state index in [9.17, 15) is 17.6 Å². The molecule has 32 heavy (non-hydrogen) atoms. The lowest BCUT2D eigenvalue weighted by atomic mass is 10.1. The summed E-state index contributed by atoms with van der Waals surface area (Å²) in [5.74, 6) is -0.194. The van der Waals surface area contributed by atoms with E-state index in [0.29, 0.717) is 16.6 Å². The first-order chi connectivity index (χ1) is 15.4. The number of halogens is 4. The summed E-state index contributed by atoms with van der Waals surface area (Å²) in [5.41, 5.74) is 1.04. The summed E-state index contributed by atoms with van der Waals surface area (Å²) >= 11 is 0. The van der Waals surface area contributed by atoms with E-state index in [4.69, 9.17) is 4.74 Å². The van der Waals surface area contributed by atoms with Crippen LogP contribution in [0.4, 0.5) is 17.6 Å². The van der Waals surface area contributed by atoms with E-state index in [1.165, 1.54) is 47.1 Å². The Morgan fingerprint density at radius 2 is 1.56 bits per heavy atom. The van der Waals surface area contributed by atoms with Gasteiger partial charge >= 0.3 is 6.18 Å². The fourth-order valence-electron chi connectivity index (χ4n) is 3.62. The van der Waals surface area contributed by atoms with Crippen LogP contribution in [0.25, 0.3) is 27.5 Å². The highest BCUT2D eigenvalue weighted by Crippen LogP contribution is 2.35. The number of fused-ring (bicyclic) bond motifs is 3. The molecule has 160 valence electrons. The van der Waals surface area contributed by atoms with Crippen LogP contribution in [0.3, 0.4) is 0 Å². The molecule has 0 saturated heterocycles. The van der Waals surface area contributed by atoms with Gasteiger partial charge in [-0.25, -0.2) is 4.39 Å². The molecule has 3 aromatic carbocycles. The van der Waals surface area contributed by atoms with Crippen LogP contribution in [-0.4, -0.2) is 14.8 Å². The van der Waals surface area contributed by atoms with Gasteiger partial charge in [-0.3, -0.25) is 4.98 Å². The van der Waals surface area contributed by atoms with Gasteiger partial charge in [0.2, 0.25) is 5.88 Å². The molecule has 4 nitrogen and oxygen atoms in total. The normalized spacial score (nSPS) is 11.9. The number of rotatable bonds is 4. The molecule has 5 aromatic rings. The van der Waals surface area contributed by atoms with E-state index >= 15 is 0 Å². The molecule has 0 amide bonds. The summed E-state index contributed by atoms with van der Waals surface area (Å²) in [6.07, 6.45) is -2.92. The minimum absolute atomic E-state index is 0.00578. The van der Waals surface area contributed by atoms with Crippen molar-refractivity contribution in [3.63, 3.8) is 0 Å². The topological polar surface area (TPSA) is 39.9 Å². The van der Waals surface area contributed by atoms with E-state index in [0.717, 1.165) is 17.0 Å². The zero-order valence-corrected chi connectivity index (χ0v) is 16.5. The maximum atomic E-state index is 13.5. The molecule has 2 heterocycles. The van der Waals surface area contributed by atoms with Crippen LogP contribution in [0.15, 0.2) is 79.0 Å². The molecule has 0 aliphatic carbocycles. The van der Waals surface area contributed by atoms with Crippen molar-refractivity contribution in [2.24, 2.45) is 0 Å². The number of hydrogen-bond donors (Lipinski definition) is 0. The Morgan fingerprint density at radius 3 is 2.34 bits per heavy atom. The van der Waals surface area contributed by atoms with E-state index < -0.39 is 17.6 Å². The molecular formula is C24H15F4N3O. The number of hydrogen-bond acceptors (Lipinski definition) is 3. The Balaban J connectivity index is 1.65. The van der Waals surface area contributed by atoms with E-state index in [-0.39, 0.29) is 18.1 Å². The number of nitrogens with zero attached hydrogens (tertiary/aromatic N) is 3. The smallest absolute Gasteiger partial charge is 0.416 e. The van der Waals surface area contributed by atoms with Crippen molar-refractivity contribution in [3.8, 4) is 11.6 Å². The predicted octanol–water partition coefficient (Wildman–Crippen LogP) is 6.31. The van der Waals surface area contributed by atoms with Crippen LogP contribution in [0.1, 0.15) is 11.1 Å². The Morgan fingerprint density at radius 1 is 0.844 bits per heavy atom. The molecule has 0 unspecified atom stereocenters. The van der Waals surface area contributed by atoms with Crippen LogP contribution < -0.4 is 4.74 Å². The molecule has 0 spiro atoms. The van der Waals surface area contributed by atoms with Gasteiger partial charge in [0.15, 0.2) is 0 Å². The zero-order chi connectivity index (χ0) is 22.3. The molecule has 0 aliphatic heterocycles. The van der Waals surface area contributed by atoms with Crippen molar-refractivity contribution in [1.29, 1.82) is 0 Å². The van der Waals surface area contributed by atoms with Gasteiger partial charge in [0.25, 0.3) is 0 Å². The number of alkyl halides is 3. The second-order valence-electron chi connectivity index (χ2n) is 7.17.